The maximum atomic E-state index is 10.2. The van der Waals surface area contributed by atoms with Gasteiger partial charge in [0.25, 0.3) is 0 Å². The molecule has 20 heavy (non-hydrogen) atoms. The van der Waals surface area contributed by atoms with Crippen molar-refractivity contribution in [3.63, 3.8) is 0 Å². The number of nitrogens with zero attached hydrogens (tertiary/aromatic N) is 1. The number of aliphatic hydroxyl groups is 1. The average molecular weight is 275 g/mol. The molecule has 1 aliphatic rings. The number of hydrogen-bond donors (Lipinski definition) is 1. The number of rotatable bonds is 6. The van der Waals surface area contributed by atoms with Gasteiger partial charge >= 0.3 is 0 Å². The highest BCUT2D eigenvalue weighted by molar-refractivity contribution is 5.14. The largest absolute Gasteiger partial charge is 0.393 e. The van der Waals surface area contributed by atoms with Crippen molar-refractivity contribution in [2.24, 2.45) is 11.8 Å². The zero-order chi connectivity index (χ0) is 14.4. The van der Waals surface area contributed by atoms with Crippen LogP contribution in [0.3, 0.4) is 0 Å². The van der Waals surface area contributed by atoms with Gasteiger partial charge in [0.1, 0.15) is 0 Å². The Morgan fingerprint density at radius 2 is 1.95 bits per heavy atom. The third-order valence-corrected chi connectivity index (χ3v) is 4.59. The van der Waals surface area contributed by atoms with Gasteiger partial charge in [-0.2, -0.15) is 0 Å². The zero-order valence-corrected chi connectivity index (χ0v) is 13.0. The van der Waals surface area contributed by atoms with Gasteiger partial charge in [-0.15, -0.1) is 0 Å². The van der Waals surface area contributed by atoms with Gasteiger partial charge < -0.3 is 10.0 Å². The Morgan fingerprint density at radius 1 is 1.20 bits per heavy atom. The van der Waals surface area contributed by atoms with Crippen molar-refractivity contribution in [1.82, 2.24) is 4.90 Å². The minimum Gasteiger partial charge on any atom is -0.393 e. The van der Waals surface area contributed by atoms with Gasteiger partial charge in [-0.1, -0.05) is 50.1 Å². The van der Waals surface area contributed by atoms with Gasteiger partial charge in [-0.3, -0.25) is 0 Å². The maximum absolute atomic E-state index is 10.2. The predicted octanol–water partition coefficient (Wildman–Crippen LogP) is 3.70. The van der Waals surface area contributed by atoms with Crippen LogP contribution in [0.15, 0.2) is 30.3 Å². The Labute approximate surface area is 123 Å². The Hall–Kier alpha value is -0.860. The molecular formula is C18H29NO. The van der Waals surface area contributed by atoms with Crippen molar-refractivity contribution in [2.75, 3.05) is 13.6 Å². The SMILES string of the molecule is CCCC1CCC(O)C(CN(C)Cc2ccccc2)C1. The Balaban J connectivity index is 1.84. The van der Waals surface area contributed by atoms with Crippen LogP contribution in [0.2, 0.25) is 0 Å². The summed E-state index contributed by atoms with van der Waals surface area (Å²) in [5.41, 5.74) is 1.35. The first-order valence-corrected chi connectivity index (χ1v) is 8.09. The topological polar surface area (TPSA) is 23.5 Å². The summed E-state index contributed by atoms with van der Waals surface area (Å²) in [4.78, 5) is 2.36. The van der Waals surface area contributed by atoms with E-state index in [1.165, 1.54) is 31.2 Å². The second-order valence-corrected chi connectivity index (χ2v) is 6.48. The van der Waals surface area contributed by atoms with Crippen molar-refractivity contribution in [3.05, 3.63) is 35.9 Å². The molecule has 1 aromatic carbocycles. The lowest BCUT2D eigenvalue weighted by Crippen LogP contribution is -2.37. The fourth-order valence-corrected chi connectivity index (χ4v) is 3.57. The van der Waals surface area contributed by atoms with Crippen LogP contribution in [0.5, 0.6) is 0 Å². The molecule has 3 atom stereocenters. The van der Waals surface area contributed by atoms with Gasteiger partial charge in [0.05, 0.1) is 6.10 Å². The summed E-state index contributed by atoms with van der Waals surface area (Å²) in [6.45, 7) is 4.25. The summed E-state index contributed by atoms with van der Waals surface area (Å²) in [6.07, 6.45) is 5.91. The van der Waals surface area contributed by atoms with Crippen molar-refractivity contribution in [1.29, 1.82) is 0 Å². The van der Waals surface area contributed by atoms with Gasteiger partial charge in [-0.25, -0.2) is 0 Å². The molecule has 0 radical (unpaired) electrons. The van der Waals surface area contributed by atoms with Gasteiger partial charge in [0.2, 0.25) is 0 Å². The lowest BCUT2D eigenvalue weighted by molar-refractivity contribution is 0.0288. The second kappa shape index (κ2) is 7.80. The minimum atomic E-state index is -0.0960. The number of hydrogen-bond acceptors (Lipinski definition) is 2. The Kier molecular flexibility index (Phi) is 6.06. The summed E-state index contributed by atoms with van der Waals surface area (Å²) in [5.74, 6) is 1.28. The maximum Gasteiger partial charge on any atom is 0.0580 e. The molecule has 0 aliphatic heterocycles. The standard InChI is InChI=1S/C18H29NO/c1-3-7-15-10-11-18(20)17(12-15)14-19(2)13-16-8-5-4-6-9-16/h4-6,8-9,15,17-18,20H,3,7,10-14H2,1-2H3. The molecule has 2 heteroatoms. The molecule has 2 nitrogen and oxygen atoms in total. The molecule has 0 bridgehead atoms. The first-order valence-electron chi connectivity index (χ1n) is 8.09. The molecule has 1 fully saturated rings. The Morgan fingerprint density at radius 3 is 2.65 bits per heavy atom. The van der Waals surface area contributed by atoms with E-state index in [0.717, 1.165) is 25.4 Å². The molecule has 0 amide bonds. The van der Waals surface area contributed by atoms with Gasteiger partial charge in [-0.05, 0) is 43.7 Å². The molecule has 3 unspecified atom stereocenters. The fourth-order valence-electron chi connectivity index (χ4n) is 3.57. The van der Waals surface area contributed by atoms with Crippen molar-refractivity contribution < 1.29 is 5.11 Å². The lowest BCUT2D eigenvalue weighted by atomic mass is 9.77. The monoisotopic (exact) mass is 275 g/mol. The summed E-state index contributed by atoms with van der Waals surface area (Å²) >= 11 is 0. The van der Waals surface area contributed by atoms with Crippen LogP contribution in [0.4, 0.5) is 0 Å². The molecule has 0 saturated heterocycles. The molecule has 0 heterocycles. The predicted molar refractivity (Wildman–Crippen MR) is 84.5 cm³/mol. The van der Waals surface area contributed by atoms with Crippen LogP contribution in [-0.2, 0) is 6.54 Å². The lowest BCUT2D eigenvalue weighted by Gasteiger charge is -2.35. The quantitative estimate of drug-likeness (QED) is 0.856. The van der Waals surface area contributed by atoms with E-state index in [9.17, 15) is 5.11 Å². The van der Waals surface area contributed by atoms with Gasteiger partial charge in [0.15, 0.2) is 0 Å². The van der Waals surface area contributed by atoms with E-state index in [4.69, 9.17) is 0 Å². The third kappa shape index (κ3) is 4.60. The molecule has 1 saturated carbocycles. The van der Waals surface area contributed by atoms with Crippen LogP contribution in [0.1, 0.15) is 44.6 Å². The molecule has 2 rings (SSSR count). The van der Waals surface area contributed by atoms with Crippen molar-refractivity contribution in [3.8, 4) is 0 Å². The first-order chi connectivity index (χ1) is 9.69. The van der Waals surface area contributed by atoms with E-state index in [1.807, 2.05) is 0 Å². The molecule has 0 spiro atoms. The highest BCUT2D eigenvalue weighted by Crippen LogP contribution is 2.32. The summed E-state index contributed by atoms with van der Waals surface area (Å²) < 4.78 is 0. The van der Waals surface area contributed by atoms with E-state index in [1.54, 1.807) is 0 Å². The Bertz CT molecular complexity index is 378. The van der Waals surface area contributed by atoms with Crippen LogP contribution < -0.4 is 0 Å². The van der Waals surface area contributed by atoms with E-state index in [0.29, 0.717) is 5.92 Å². The summed E-state index contributed by atoms with van der Waals surface area (Å²) in [7, 11) is 2.17. The normalized spacial score (nSPS) is 26.9. The van der Waals surface area contributed by atoms with Crippen molar-refractivity contribution >= 4 is 0 Å². The second-order valence-electron chi connectivity index (χ2n) is 6.48. The molecular weight excluding hydrogens is 246 g/mol. The summed E-state index contributed by atoms with van der Waals surface area (Å²) in [6, 6.07) is 10.6. The van der Waals surface area contributed by atoms with Crippen LogP contribution in [0.25, 0.3) is 0 Å². The first kappa shape index (κ1) is 15.5. The van der Waals surface area contributed by atoms with Crippen LogP contribution in [-0.4, -0.2) is 29.7 Å². The molecule has 1 aliphatic carbocycles. The van der Waals surface area contributed by atoms with E-state index in [2.05, 4.69) is 49.2 Å². The van der Waals surface area contributed by atoms with Crippen molar-refractivity contribution in [2.45, 2.75) is 51.7 Å². The molecule has 112 valence electrons. The minimum absolute atomic E-state index is 0.0960. The zero-order valence-electron chi connectivity index (χ0n) is 13.0. The number of benzene rings is 1. The van der Waals surface area contributed by atoms with Crippen LogP contribution in [0, 0.1) is 11.8 Å². The smallest absolute Gasteiger partial charge is 0.0580 e. The average Bonchev–Trinajstić information content (AvgIpc) is 2.44. The van der Waals surface area contributed by atoms with E-state index >= 15 is 0 Å². The molecule has 1 N–H and O–H groups in total. The third-order valence-electron chi connectivity index (χ3n) is 4.59. The molecule has 1 aromatic rings. The highest BCUT2D eigenvalue weighted by atomic mass is 16.3. The van der Waals surface area contributed by atoms with Crippen LogP contribution >= 0.6 is 0 Å². The van der Waals surface area contributed by atoms with Gasteiger partial charge in [0, 0.05) is 13.1 Å². The number of aliphatic hydroxyl groups excluding tert-OH is 1. The van der Waals surface area contributed by atoms with E-state index < -0.39 is 0 Å². The summed E-state index contributed by atoms with van der Waals surface area (Å²) in [5, 5.41) is 10.2. The van der Waals surface area contributed by atoms with E-state index in [-0.39, 0.29) is 6.10 Å². The highest BCUT2D eigenvalue weighted by Gasteiger charge is 2.29. The molecule has 0 aromatic heterocycles. The fraction of sp³-hybridized carbons (Fsp3) is 0.667.